The second kappa shape index (κ2) is 9.96. The summed E-state index contributed by atoms with van der Waals surface area (Å²) in [5.74, 6) is -1.29. The number of unbranched alkanes of at least 4 members (excludes halogenated alkanes) is 1. The van der Waals surface area contributed by atoms with Crippen LogP contribution in [0.1, 0.15) is 58.4 Å². The number of H-pyrrole nitrogens is 1. The topological polar surface area (TPSA) is 87.0 Å². The number of rotatable bonds is 8. The number of anilines is 1. The van der Waals surface area contributed by atoms with Crippen LogP contribution >= 0.6 is 11.3 Å². The molecule has 1 atom stereocenters. The first-order chi connectivity index (χ1) is 17.3. The molecule has 3 aromatic heterocycles. The van der Waals surface area contributed by atoms with Crippen molar-refractivity contribution in [3.8, 4) is 0 Å². The summed E-state index contributed by atoms with van der Waals surface area (Å²) in [6, 6.07) is 8.03. The van der Waals surface area contributed by atoms with Crippen molar-refractivity contribution in [1.82, 2.24) is 20.4 Å². The van der Waals surface area contributed by atoms with Gasteiger partial charge in [0.15, 0.2) is 5.13 Å². The van der Waals surface area contributed by atoms with Gasteiger partial charge in [0.05, 0.1) is 18.4 Å². The van der Waals surface area contributed by atoms with Crippen molar-refractivity contribution in [3.05, 3.63) is 64.1 Å². The Morgan fingerprint density at radius 3 is 2.97 bits per heavy atom. The normalized spacial score (nSPS) is 14.7. The maximum absolute atomic E-state index is 13.3. The number of benzene rings is 1. The van der Waals surface area contributed by atoms with Crippen LogP contribution in [0, 0.1) is 0 Å². The molecule has 4 heterocycles. The Morgan fingerprint density at radius 1 is 1.33 bits per heavy atom. The minimum atomic E-state index is -4.60. The van der Waals surface area contributed by atoms with Gasteiger partial charge in [0.2, 0.25) is 5.76 Å². The van der Waals surface area contributed by atoms with Crippen molar-refractivity contribution in [1.29, 1.82) is 0 Å². The molecule has 1 aliphatic heterocycles. The van der Waals surface area contributed by atoms with Gasteiger partial charge in [-0.25, -0.2) is 4.98 Å². The Hall–Kier alpha value is -3.34. The SMILES string of the molecule is CCCCC(Cc1c[nH]c2ccccc12)NC(=O)c1cnc(N2CCc3noc(C(F)(F)F)c3C2)s1. The highest BCUT2D eigenvalue weighted by atomic mass is 32.1. The molecule has 5 rings (SSSR count). The second-order valence-electron chi connectivity index (χ2n) is 8.99. The van der Waals surface area contributed by atoms with Gasteiger partial charge >= 0.3 is 6.18 Å². The molecule has 1 aliphatic rings. The molecule has 1 aromatic carbocycles. The highest BCUT2D eigenvalue weighted by molar-refractivity contribution is 7.17. The van der Waals surface area contributed by atoms with E-state index in [1.807, 2.05) is 24.4 Å². The predicted octanol–water partition coefficient (Wildman–Crippen LogP) is 5.73. The molecule has 0 spiro atoms. The number of nitrogens with zero attached hydrogens (tertiary/aromatic N) is 3. The smallest absolute Gasteiger partial charge is 0.361 e. The fraction of sp³-hybridized carbons (Fsp3) is 0.400. The van der Waals surface area contributed by atoms with Gasteiger partial charge in [0, 0.05) is 41.7 Å². The van der Waals surface area contributed by atoms with Gasteiger partial charge in [-0.1, -0.05) is 54.5 Å². The molecular formula is C25H26F3N5O2S. The first kappa shape index (κ1) is 24.4. The molecule has 0 fully saturated rings. The van der Waals surface area contributed by atoms with E-state index in [2.05, 4.69) is 38.0 Å². The van der Waals surface area contributed by atoms with Gasteiger partial charge in [-0.15, -0.1) is 0 Å². The van der Waals surface area contributed by atoms with E-state index in [1.54, 1.807) is 4.90 Å². The number of carbonyl (C=O) groups is 1. The lowest BCUT2D eigenvalue weighted by Gasteiger charge is -2.25. The largest absolute Gasteiger partial charge is 0.452 e. The van der Waals surface area contributed by atoms with Crippen LogP contribution in [0.4, 0.5) is 18.3 Å². The number of aromatic amines is 1. The molecule has 1 unspecified atom stereocenters. The Kier molecular flexibility index (Phi) is 6.74. The van der Waals surface area contributed by atoms with E-state index in [0.717, 1.165) is 35.7 Å². The molecule has 0 bridgehead atoms. The molecule has 0 aliphatic carbocycles. The summed E-state index contributed by atoms with van der Waals surface area (Å²) in [6.07, 6.45) is 2.74. The Labute approximate surface area is 209 Å². The average Bonchev–Trinajstić information content (AvgIpc) is 3.60. The minimum Gasteiger partial charge on any atom is -0.361 e. The van der Waals surface area contributed by atoms with Gasteiger partial charge in [0.25, 0.3) is 5.91 Å². The third-order valence-corrected chi connectivity index (χ3v) is 7.52. The Balaban J connectivity index is 1.28. The number of alkyl halides is 3. The molecule has 1 amide bonds. The van der Waals surface area contributed by atoms with E-state index in [0.29, 0.717) is 35.1 Å². The standard InChI is InChI=1S/C25H26F3N5O2S/c1-2-3-6-16(11-15-12-29-19-8-5-4-7-17(15)19)31-23(34)21-13-30-24(36-21)33-10-9-20-18(14-33)22(35-32-20)25(26,27)28/h4-5,7-8,12-13,16,29H,2-3,6,9-11,14H2,1H3,(H,31,34). The van der Waals surface area contributed by atoms with Crippen LogP contribution in [0.5, 0.6) is 0 Å². The summed E-state index contributed by atoms with van der Waals surface area (Å²) in [7, 11) is 0. The fourth-order valence-corrected chi connectivity index (χ4v) is 5.46. The van der Waals surface area contributed by atoms with Crippen LogP contribution in [-0.2, 0) is 25.6 Å². The van der Waals surface area contributed by atoms with E-state index in [1.165, 1.54) is 17.5 Å². The minimum absolute atomic E-state index is 0.0120. The van der Waals surface area contributed by atoms with Crippen LogP contribution < -0.4 is 10.2 Å². The lowest BCUT2D eigenvalue weighted by Crippen LogP contribution is -2.36. The van der Waals surface area contributed by atoms with Crippen LogP contribution in [0.25, 0.3) is 10.9 Å². The van der Waals surface area contributed by atoms with Crippen LogP contribution in [0.15, 0.2) is 41.2 Å². The molecule has 0 saturated heterocycles. The van der Waals surface area contributed by atoms with Crippen molar-refractivity contribution in [2.24, 2.45) is 0 Å². The summed E-state index contributed by atoms with van der Waals surface area (Å²) in [4.78, 5) is 22.9. The highest BCUT2D eigenvalue weighted by Crippen LogP contribution is 2.37. The van der Waals surface area contributed by atoms with E-state index < -0.39 is 11.9 Å². The highest BCUT2D eigenvalue weighted by Gasteiger charge is 2.41. The van der Waals surface area contributed by atoms with Gasteiger partial charge in [-0.3, -0.25) is 4.79 Å². The average molecular weight is 518 g/mol. The maximum Gasteiger partial charge on any atom is 0.452 e. The molecule has 36 heavy (non-hydrogen) atoms. The molecule has 7 nitrogen and oxygen atoms in total. The van der Waals surface area contributed by atoms with Gasteiger partial charge in [0.1, 0.15) is 4.88 Å². The zero-order valence-electron chi connectivity index (χ0n) is 19.7. The predicted molar refractivity (Wildman–Crippen MR) is 131 cm³/mol. The molecule has 0 saturated carbocycles. The third kappa shape index (κ3) is 4.97. The number of thiazole rings is 1. The van der Waals surface area contributed by atoms with Gasteiger partial charge in [-0.05, 0) is 24.5 Å². The number of carbonyl (C=O) groups excluding carboxylic acids is 1. The van der Waals surface area contributed by atoms with Crippen molar-refractivity contribution < 1.29 is 22.5 Å². The number of fused-ring (bicyclic) bond motifs is 2. The number of hydrogen-bond acceptors (Lipinski definition) is 6. The molecule has 11 heteroatoms. The van der Waals surface area contributed by atoms with E-state index >= 15 is 0 Å². The molecule has 0 radical (unpaired) electrons. The van der Waals surface area contributed by atoms with Crippen LogP contribution in [0.3, 0.4) is 0 Å². The number of aromatic nitrogens is 3. The van der Waals surface area contributed by atoms with Crippen molar-refractivity contribution in [2.75, 3.05) is 11.4 Å². The maximum atomic E-state index is 13.3. The summed E-state index contributed by atoms with van der Waals surface area (Å²) < 4.78 is 44.4. The monoisotopic (exact) mass is 517 g/mol. The lowest BCUT2D eigenvalue weighted by atomic mass is 10.0. The van der Waals surface area contributed by atoms with Gasteiger partial charge < -0.3 is 19.7 Å². The van der Waals surface area contributed by atoms with Crippen LogP contribution in [-0.4, -0.2) is 33.6 Å². The molecule has 190 valence electrons. The third-order valence-electron chi connectivity index (χ3n) is 6.46. The van der Waals surface area contributed by atoms with E-state index in [-0.39, 0.29) is 24.1 Å². The first-order valence-electron chi connectivity index (χ1n) is 11.9. The fourth-order valence-electron chi connectivity index (χ4n) is 4.61. The number of halogens is 3. The lowest BCUT2D eigenvalue weighted by molar-refractivity contribution is -0.156. The van der Waals surface area contributed by atoms with Gasteiger partial charge in [-0.2, -0.15) is 13.2 Å². The molecular weight excluding hydrogens is 491 g/mol. The molecule has 4 aromatic rings. The van der Waals surface area contributed by atoms with Crippen LogP contribution in [0.2, 0.25) is 0 Å². The number of para-hydroxylation sites is 1. The summed E-state index contributed by atoms with van der Waals surface area (Å²) in [6.45, 7) is 2.55. The summed E-state index contributed by atoms with van der Waals surface area (Å²) in [5.41, 5.74) is 2.57. The van der Waals surface area contributed by atoms with E-state index in [9.17, 15) is 18.0 Å². The second-order valence-corrected chi connectivity index (χ2v) is 10.00. The Morgan fingerprint density at radius 2 is 2.17 bits per heavy atom. The summed E-state index contributed by atoms with van der Waals surface area (Å²) >= 11 is 1.18. The van der Waals surface area contributed by atoms with Crippen molar-refractivity contribution in [2.45, 2.75) is 57.8 Å². The van der Waals surface area contributed by atoms with Crippen molar-refractivity contribution >= 4 is 33.3 Å². The zero-order chi connectivity index (χ0) is 25.3. The number of amides is 1. The first-order valence-corrected chi connectivity index (χ1v) is 12.8. The number of nitrogens with one attached hydrogen (secondary N) is 2. The van der Waals surface area contributed by atoms with Crippen molar-refractivity contribution in [3.63, 3.8) is 0 Å². The zero-order valence-corrected chi connectivity index (χ0v) is 20.5. The Bertz CT molecular complexity index is 1360. The quantitative estimate of drug-likeness (QED) is 0.312. The molecule has 2 N–H and O–H groups in total. The van der Waals surface area contributed by atoms with E-state index in [4.69, 9.17) is 0 Å². The summed E-state index contributed by atoms with van der Waals surface area (Å²) in [5, 5.41) is 8.38. The number of hydrogen-bond donors (Lipinski definition) is 2.